The zero-order valence-electron chi connectivity index (χ0n) is 22.3. The summed E-state index contributed by atoms with van der Waals surface area (Å²) in [6.45, 7) is 10.9. The first kappa shape index (κ1) is 29.3. The van der Waals surface area contributed by atoms with Crippen LogP contribution in [0.3, 0.4) is 0 Å². The van der Waals surface area contributed by atoms with Crippen molar-refractivity contribution in [2.45, 2.75) is 129 Å². The first-order chi connectivity index (χ1) is 15.7. The van der Waals surface area contributed by atoms with E-state index < -0.39 is 0 Å². The number of carbonyl (C=O) groups excluding carboxylic acids is 1. The molecule has 1 aromatic rings. The second-order valence-corrected chi connectivity index (χ2v) is 10.6. The van der Waals surface area contributed by atoms with Crippen molar-refractivity contribution in [3.05, 3.63) is 41.0 Å². The third kappa shape index (κ3) is 11.8. The van der Waals surface area contributed by atoms with Crippen LogP contribution in [0.1, 0.15) is 134 Å². The minimum absolute atomic E-state index is 0.0753. The number of allylic oxidation sites excluding steroid dienone is 2. The lowest BCUT2D eigenvalue weighted by atomic mass is 9.81. The molecule has 0 bridgehead atoms. The molecule has 0 radical (unpaired) electrons. The third-order valence-electron chi connectivity index (χ3n) is 6.46. The highest BCUT2D eigenvalue weighted by molar-refractivity contribution is 5.68. The molecule has 188 valence electrons. The quantitative estimate of drug-likeness (QED) is 0.153. The summed E-state index contributed by atoms with van der Waals surface area (Å²) in [5.74, 6) is 0.655. The smallest absolute Gasteiger partial charge is 0.305 e. The molecular formula is C30H50O3. The molecule has 3 heteroatoms. The van der Waals surface area contributed by atoms with Crippen LogP contribution in [0.2, 0.25) is 0 Å². The van der Waals surface area contributed by atoms with E-state index in [1.54, 1.807) is 0 Å². The Kier molecular flexibility index (Phi) is 14.2. The number of ether oxygens (including phenoxy) is 1. The Balaban J connectivity index is 2.72. The molecule has 1 rings (SSSR count). The van der Waals surface area contributed by atoms with Crippen LogP contribution in [0, 0.1) is 6.92 Å². The fraction of sp³-hybridized carbons (Fsp3) is 0.700. The summed E-state index contributed by atoms with van der Waals surface area (Å²) in [6, 6.07) is 4.33. The maximum Gasteiger partial charge on any atom is 0.305 e. The van der Waals surface area contributed by atoms with Gasteiger partial charge < -0.3 is 9.84 Å². The van der Waals surface area contributed by atoms with Gasteiger partial charge in [-0.2, -0.15) is 0 Å². The Morgan fingerprint density at radius 2 is 1.64 bits per heavy atom. The molecule has 1 aromatic carbocycles. The summed E-state index contributed by atoms with van der Waals surface area (Å²) < 4.78 is 4.69. The van der Waals surface area contributed by atoms with Crippen molar-refractivity contribution in [3.63, 3.8) is 0 Å². The minimum atomic E-state index is -0.104. The molecule has 0 spiro atoms. The summed E-state index contributed by atoms with van der Waals surface area (Å²) in [5.41, 5.74) is 3.29. The van der Waals surface area contributed by atoms with Gasteiger partial charge in [0, 0.05) is 17.9 Å². The predicted octanol–water partition coefficient (Wildman–Crippen LogP) is 8.90. The Morgan fingerprint density at radius 1 is 1.00 bits per heavy atom. The van der Waals surface area contributed by atoms with Crippen LogP contribution in [0.15, 0.2) is 24.3 Å². The molecule has 0 saturated heterocycles. The van der Waals surface area contributed by atoms with Crippen LogP contribution in [-0.2, 0) is 14.9 Å². The van der Waals surface area contributed by atoms with E-state index >= 15 is 0 Å². The Bertz CT molecular complexity index is 712. The SMILES string of the molecule is CCCCCCCC(/C=C/CCCCCCCC(=O)OC)c1cc(C)cc(C(C)(C)C)c1O. The number of esters is 1. The summed E-state index contributed by atoms with van der Waals surface area (Å²) in [7, 11) is 1.45. The number of rotatable bonds is 16. The number of phenols is 1. The number of hydrogen-bond acceptors (Lipinski definition) is 3. The maximum atomic E-state index is 11.2. The van der Waals surface area contributed by atoms with E-state index in [-0.39, 0.29) is 17.3 Å². The van der Waals surface area contributed by atoms with Gasteiger partial charge in [0.1, 0.15) is 5.75 Å². The number of methoxy groups -OCH3 is 1. The second-order valence-electron chi connectivity index (χ2n) is 10.6. The van der Waals surface area contributed by atoms with Crippen molar-refractivity contribution >= 4 is 5.97 Å². The maximum absolute atomic E-state index is 11.2. The molecule has 0 heterocycles. The summed E-state index contributed by atoms with van der Waals surface area (Å²) in [6.07, 6.45) is 19.2. The molecule has 0 aliphatic rings. The lowest BCUT2D eigenvalue weighted by molar-refractivity contribution is -0.140. The number of aryl methyl sites for hydroxylation is 1. The van der Waals surface area contributed by atoms with Gasteiger partial charge in [0.2, 0.25) is 0 Å². The molecule has 0 fully saturated rings. The van der Waals surface area contributed by atoms with E-state index in [0.29, 0.717) is 12.2 Å². The molecule has 0 amide bonds. The zero-order valence-corrected chi connectivity index (χ0v) is 22.3. The molecule has 1 atom stereocenters. The lowest BCUT2D eigenvalue weighted by Crippen LogP contribution is -2.13. The van der Waals surface area contributed by atoms with Gasteiger partial charge in [0.15, 0.2) is 0 Å². The van der Waals surface area contributed by atoms with Gasteiger partial charge in [-0.1, -0.05) is 109 Å². The molecule has 33 heavy (non-hydrogen) atoms. The molecule has 0 aliphatic heterocycles. The molecule has 1 N–H and O–H groups in total. The molecule has 0 aliphatic carbocycles. The first-order valence-electron chi connectivity index (χ1n) is 13.3. The highest BCUT2D eigenvalue weighted by Crippen LogP contribution is 2.39. The van der Waals surface area contributed by atoms with Gasteiger partial charge in [0.25, 0.3) is 0 Å². The fourth-order valence-corrected chi connectivity index (χ4v) is 4.41. The van der Waals surface area contributed by atoms with Crippen LogP contribution in [0.5, 0.6) is 5.75 Å². The van der Waals surface area contributed by atoms with E-state index in [2.05, 4.69) is 58.9 Å². The number of phenolic OH excluding ortho intramolecular Hbond substituents is 1. The summed E-state index contributed by atoms with van der Waals surface area (Å²) >= 11 is 0. The summed E-state index contributed by atoms with van der Waals surface area (Å²) in [4.78, 5) is 11.2. The van der Waals surface area contributed by atoms with Crippen LogP contribution < -0.4 is 0 Å². The van der Waals surface area contributed by atoms with Gasteiger partial charge in [-0.15, -0.1) is 0 Å². The normalized spacial score (nSPS) is 12.9. The lowest BCUT2D eigenvalue weighted by Gasteiger charge is -2.25. The van der Waals surface area contributed by atoms with Gasteiger partial charge in [-0.05, 0) is 43.6 Å². The highest BCUT2D eigenvalue weighted by Gasteiger charge is 2.23. The van der Waals surface area contributed by atoms with Crippen molar-refractivity contribution in [1.82, 2.24) is 0 Å². The highest BCUT2D eigenvalue weighted by atomic mass is 16.5. The number of aromatic hydroxyl groups is 1. The third-order valence-corrected chi connectivity index (χ3v) is 6.46. The van der Waals surface area contributed by atoms with Crippen LogP contribution >= 0.6 is 0 Å². The van der Waals surface area contributed by atoms with Crippen molar-refractivity contribution in [1.29, 1.82) is 0 Å². The molecule has 3 nitrogen and oxygen atoms in total. The Hall–Kier alpha value is -1.77. The van der Waals surface area contributed by atoms with E-state index in [0.717, 1.165) is 36.8 Å². The predicted molar refractivity (Wildman–Crippen MR) is 141 cm³/mol. The van der Waals surface area contributed by atoms with Crippen LogP contribution in [-0.4, -0.2) is 18.2 Å². The van der Waals surface area contributed by atoms with Gasteiger partial charge in [-0.25, -0.2) is 0 Å². The molecule has 0 aromatic heterocycles. The van der Waals surface area contributed by atoms with Crippen molar-refractivity contribution in [2.75, 3.05) is 7.11 Å². The molecule has 1 unspecified atom stereocenters. The van der Waals surface area contributed by atoms with Crippen molar-refractivity contribution in [3.8, 4) is 5.75 Å². The largest absolute Gasteiger partial charge is 0.507 e. The van der Waals surface area contributed by atoms with Gasteiger partial charge >= 0.3 is 5.97 Å². The fourth-order valence-electron chi connectivity index (χ4n) is 4.41. The number of carbonyl (C=O) groups is 1. The average Bonchev–Trinajstić information content (AvgIpc) is 2.76. The Morgan fingerprint density at radius 3 is 2.30 bits per heavy atom. The number of benzene rings is 1. The Labute approximate surface area is 204 Å². The monoisotopic (exact) mass is 458 g/mol. The standard InChI is InChI=1S/C30H50O3/c1-7-8-9-13-16-19-25(20-17-14-11-10-12-15-18-21-28(31)33-6)26-22-24(2)23-27(29(26)32)30(3,4)5/h17,20,22-23,25,32H,7-16,18-19,21H2,1-6H3/b20-17+. The van der Waals surface area contributed by atoms with Gasteiger partial charge in [-0.3, -0.25) is 4.79 Å². The molecular weight excluding hydrogens is 408 g/mol. The topological polar surface area (TPSA) is 46.5 Å². The van der Waals surface area contributed by atoms with Crippen LogP contribution in [0.4, 0.5) is 0 Å². The van der Waals surface area contributed by atoms with Crippen molar-refractivity contribution in [2.24, 2.45) is 0 Å². The van der Waals surface area contributed by atoms with E-state index in [1.807, 2.05) is 0 Å². The molecule has 0 saturated carbocycles. The first-order valence-corrected chi connectivity index (χ1v) is 13.3. The number of unbranched alkanes of at least 4 members (excludes halogenated alkanes) is 9. The second kappa shape index (κ2) is 16.0. The zero-order chi connectivity index (χ0) is 24.7. The van der Waals surface area contributed by atoms with E-state index in [4.69, 9.17) is 4.74 Å². The minimum Gasteiger partial charge on any atom is -0.507 e. The van der Waals surface area contributed by atoms with E-state index in [1.165, 1.54) is 64.0 Å². The summed E-state index contributed by atoms with van der Waals surface area (Å²) in [5, 5.41) is 11.2. The number of hydrogen-bond donors (Lipinski definition) is 1. The van der Waals surface area contributed by atoms with Gasteiger partial charge in [0.05, 0.1) is 7.11 Å². The van der Waals surface area contributed by atoms with Crippen LogP contribution in [0.25, 0.3) is 0 Å². The average molecular weight is 459 g/mol. The van der Waals surface area contributed by atoms with Crippen molar-refractivity contribution < 1.29 is 14.6 Å². The van der Waals surface area contributed by atoms with E-state index in [9.17, 15) is 9.90 Å².